The molecule has 1 aromatic heterocycles. The maximum Gasteiger partial charge on any atom is 0.223 e. The molecule has 1 aliphatic heterocycles. The van der Waals surface area contributed by atoms with Gasteiger partial charge in [0.2, 0.25) is 5.91 Å². The van der Waals surface area contributed by atoms with Crippen molar-refractivity contribution in [1.29, 1.82) is 0 Å². The first-order valence-electron chi connectivity index (χ1n) is 7.16. The quantitative estimate of drug-likeness (QED) is 0.790. The summed E-state index contributed by atoms with van der Waals surface area (Å²) in [6, 6.07) is 6.40. The Kier molecular flexibility index (Phi) is 5.33. The lowest BCUT2D eigenvalue weighted by atomic mass is 9.92. The van der Waals surface area contributed by atoms with Gasteiger partial charge < -0.3 is 10.6 Å². The van der Waals surface area contributed by atoms with Crippen LogP contribution in [0.1, 0.15) is 31.9 Å². The van der Waals surface area contributed by atoms with Crippen molar-refractivity contribution in [2.24, 2.45) is 5.92 Å². The molecule has 0 saturated carbocycles. The van der Waals surface area contributed by atoms with Crippen LogP contribution < -0.4 is 10.6 Å². The molecule has 0 radical (unpaired) electrons. The standard InChI is InChI=1S/C15H23N3O/c1-12-11-13(7-10-16-12)15(19)18-9-4-6-14-5-2-3-8-17-14/h2-3,5,8,12-13,16H,4,6-7,9-11H2,1H3,(H,18,19)/t12-,13-/m0/s1. The summed E-state index contributed by atoms with van der Waals surface area (Å²) in [7, 11) is 0. The maximum atomic E-state index is 12.0. The number of pyridine rings is 1. The van der Waals surface area contributed by atoms with Gasteiger partial charge >= 0.3 is 0 Å². The Morgan fingerprint density at radius 1 is 1.53 bits per heavy atom. The third-order valence-electron chi connectivity index (χ3n) is 3.63. The fourth-order valence-electron chi connectivity index (χ4n) is 2.54. The second kappa shape index (κ2) is 7.24. The van der Waals surface area contributed by atoms with E-state index in [0.29, 0.717) is 6.04 Å². The van der Waals surface area contributed by atoms with E-state index in [9.17, 15) is 4.79 Å². The van der Waals surface area contributed by atoms with Crippen molar-refractivity contribution in [3.8, 4) is 0 Å². The molecule has 1 aliphatic rings. The second-order valence-electron chi connectivity index (χ2n) is 5.29. The zero-order valence-corrected chi connectivity index (χ0v) is 11.6. The van der Waals surface area contributed by atoms with Crippen molar-refractivity contribution >= 4 is 5.91 Å². The summed E-state index contributed by atoms with van der Waals surface area (Å²) in [5, 5.41) is 6.42. The Balaban J connectivity index is 1.64. The molecule has 2 atom stereocenters. The smallest absolute Gasteiger partial charge is 0.223 e. The number of nitrogens with one attached hydrogen (secondary N) is 2. The molecule has 2 rings (SSSR count). The predicted molar refractivity (Wildman–Crippen MR) is 75.8 cm³/mol. The Morgan fingerprint density at radius 2 is 2.42 bits per heavy atom. The monoisotopic (exact) mass is 261 g/mol. The van der Waals surface area contributed by atoms with Gasteiger partial charge in [-0.05, 0) is 51.3 Å². The highest BCUT2D eigenvalue weighted by Crippen LogP contribution is 2.15. The largest absolute Gasteiger partial charge is 0.356 e. The molecule has 1 aromatic rings. The van der Waals surface area contributed by atoms with Gasteiger partial charge in [0.25, 0.3) is 0 Å². The van der Waals surface area contributed by atoms with E-state index in [1.165, 1.54) is 0 Å². The second-order valence-corrected chi connectivity index (χ2v) is 5.29. The Labute approximate surface area is 115 Å². The predicted octanol–water partition coefficient (Wildman–Crippen LogP) is 1.52. The van der Waals surface area contributed by atoms with E-state index < -0.39 is 0 Å². The van der Waals surface area contributed by atoms with Crippen molar-refractivity contribution in [3.05, 3.63) is 30.1 Å². The van der Waals surface area contributed by atoms with Crippen molar-refractivity contribution in [2.45, 2.75) is 38.6 Å². The minimum absolute atomic E-state index is 0.186. The zero-order chi connectivity index (χ0) is 13.5. The first kappa shape index (κ1) is 14.0. The van der Waals surface area contributed by atoms with Gasteiger partial charge in [0.05, 0.1) is 0 Å². The first-order valence-corrected chi connectivity index (χ1v) is 7.16. The number of aryl methyl sites for hydroxylation is 1. The van der Waals surface area contributed by atoms with Crippen LogP contribution in [0.15, 0.2) is 24.4 Å². The summed E-state index contributed by atoms with van der Waals surface area (Å²) in [5.74, 6) is 0.403. The molecule has 4 heteroatoms. The van der Waals surface area contributed by atoms with Gasteiger partial charge in [-0.1, -0.05) is 6.07 Å². The molecule has 1 amide bonds. The third-order valence-corrected chi connectivity index (χ3v) is 3.63. The average molecular weight is 261 g/mol. The number of hydrogen-bond donors (Lipinski definition) is 2. The fourth-order valence-corrected chi connectivity index (χ4v) is 2.54. The van der Waals surface area contributed by atoms with Crippen molar-refractivity contribution < 1.29 is 4.79 Å². The molecule has 0 unspecified atom stereocenters. The number of hydrogen-bond acceptors (Lipinski definition) is 3. The number of carbonyl (C=O) groups excluding carboxylic acids is 1. The zero-order valence-electron chi connectivity index (χ0n) is 11.6. The van der Waals surface area contributed by atoms with Crippen LogP contribution in [-0.4, -0.2) is 30.0 Å². The number of aromatic nitrogens is 1. The van der Waals surface area contributed by atoms with Crippen LogP contribution in [-0.2, 0) is 11.2 Å². The Morgan fingerprint density at radius 3 is 3.16 bits per heavy atom. The first-order chi connectivity index (χ1) is 9.25. The number of carbonyl (C=O) groups is 1. The van der Waals surface area contributed by atoms with E-state index in [2.05, 4.69) is 22.5 Å². The van der Waals surface area contributed by atoms with Crippen molar-refractivity contribution in [1.82, 2.24) is 15.6 Å². The lowest BCUT2D eigenvalue weighted by Crippen LogP contribution is -2.42. The van der Waals surface area contributed by atoms with Crippen LogP contribution in [0.2, 0.25) is 0 Å². The van der Waals surface area contributed by atoms with Crippen LogP contribution in [0.5, 0.6) is 0 Å². The molecule has 19 heavy (non-hydrogen) atoms. The minimum atomic E-state index is 0.186. The van der Waals surface area contributed by atoms with Gasteiger partial charge in [-0.3, -0.25) is 9.78 Å². The number of nitrogens with zero attached hydrogens (tertiary/aromatic N) is 1. The normalized spacial score (nSPS) is 23.0. The highest BCUT2D eigenvalue weighted by molar-refractivity contribution is 5.78. The molecule has 1 saturated heterocycles. The Bertz CT molecular complexity index is 394. The van der Waals surface area contributed by atoms with E-state index in [1.54, 1.807) is 0 Å². The van der Waals surface area contributed by atoms with Crippen LogP contribution in [0, 0.1) is 5.92 Å². The highest BCUT2D eigenvalue weighted by atomic mass is 16.1. The average Bonchev–Trinajstić information content (AvgIpc) is 2.44. The van der Waals surface area contributed by atoms with Gasteiger partial charge in [0.1, 0.15) is 0 Å². The van der Waals surface area contributed by atoms with E-state index in [4.69, 9.17) is 0 Å². The number of amides is 1. The van der Waals surface area contributed by atoms with Crippen molar-refractivity contribution in [2.75, 3.05) is 13.1 Å². The van der Waals surface area contributed by atoms with E-state index >= 15 is 0 Å². The van der Waals surface area contributed by atoms with Crippen molar-refractivity contribution in [3.63, 3.8) is 0 Å². The summed E-state index contributed by atoms with van der Waals surface area (Å²) < 4.78 is 0. The molecule has 1 fully saturated rings. The van der Waals surface area contributed by atoms with E-state index in [1.807, 2.05) is 24.4 Å². The van der Waals surface area contributed by atoms with Gasteiger partial charge in [0, 0.05) is 30.4 Å². The molecule has 104 valence electrons. The molecule has 2 heterocycles. The maximum absolute atomic E-state index is 12.0. The SMILES string of the molecule is C[C@H]1C[C@@H](C(=O)NCCCc2ccccn2)CCN1. The van der Waals surface area contributed by atoms with Gasteiger partial charge in [-0.25, -0.2) is 0 Å². The molecule has 0 bridgehead atoms. The molecule has 0 spiro atoms. The summed E-state index contributed by atoms with van der Waals surface area (Å²) in [4.78, 5) is 16.3. The summed E-state index contributed by atoms with van der Waals surface area (Å²) in [6.07, 6.45) is 5.58. The van der Waals surface area contributed by atoms with Crippen LogP contribution in [0.3, 0.4) is 0 Å². The van der Waals surface area contributed by atoms with E-state index in [0.717, 1.165) is 44.5 Å². The number of piperidine rings is 1. The van der Waals surface area contributed by atoms with E-state index in [-0.39, 0.29) is 11.8 Å². The van der Waals surface area contributed by atoms with Crippen LogP contribution in [0.4, 0.5) is 0 Å². The van der Waals surface area contributed by atoms with Gasteiger partial charge in [-0.15, -0.1) is 0 Å². The number of rotatable bonds is 5. The van der Waals surface area contributed by atoms with Crippen LogP contribution in [0.25, 0.3) is 0 Å². The highest BCUT2D eigenvalue weighted by Gasteiger charge is 2.24. The summed E-state index contributed by atoms with van der Waals surface area (Å²) >= 11 is 0. The molecular formula is C15H23N3O. The molecule has 2 N–H and O–H groups in total. The lowest BCUT2D eigenvalue weighted by Gasteiger charge is -2.27. The van der Waals surface area contributed by atoms with Gasteiger partial charge in [0.15, 0.2) is 0 Å². The fraction of sp³-hybridized carbons (Fsp3) is 0.600. The summed E-state index contributed by atoms with van der Waals surface area (Å²) in [6.45, 7) is 3.83. The third kappa shape index (κ3) is 4.63. The van der Waals surface area contributed by atoms with Crippen LogP contribution >= 0.6 is 0 Å². The lowest BCUT2D eigenvalue weighted by molar-refractivity contribution is -0.126. The molecule has 4 nitrogen and oxygen atoms in total. The molecule has 0 aromatic carbocycles. The molecular weight excluding hydrogens is 238 g/mol. The van der Waals surface area contributed by atoms with Gasteiger partial charge in [-0.2, -0.15) is 0 Å². The summed E-state index contributed by atoms with van der Waals surface area (Å²) in [5.41, 5.74) is 1.09. The Hall–Kier alpha value is -1.42. The topological polar surface area (TPSA) is 54.0 Å². The minimum Gasteiger partial charge on any atom is -0.356 e. The molecule has 0 aliphatic carbocycles.